The van der Waals surface area contributed by atoms with Crippen molar-refractivity contribution in [1.29, 1.82) is 0 Å². The second kappa shape index (κ2) is 17.9. The molecule has 2 aliphatic rings. The molecule has 7 rings (SSSR count). The smallest absolute Gasteiger partial charge is 0.338 e. The highest BCUT2D eigenvalue weighted by Crippen LogP contribution is 2.42. The molecule has 57 heavy (non-hydrogen) atoms. The van der Waals surface area contributed by atoms with Gasteiger partial charge in [-0.2, -0.15) is 0 Å². The van der Waals surface area contributed by atoms with Crippen LogP contribution in [0.25, 0.3) is 0 Å². The summed E-state index contributed by atoms with van der Waals surface area (Å²) >= 11 is 1.03. The summed E-state index contributed by atoms with van der Waals surface area (Å²) in [6.45, 7) is -0.595. The van der Waals surface area contributed by atoms with E-state index in [9.17, 15) is 28.8 Å². The first-order valence-electron chi connectivity index (χ1n) is 17.9. The number of ether oxygens (including phenoxy) is 6. The Hall–Kier alpha value is -6.57. The lowest BCUT2D eigenvalue weighted by molar-refractivity contribution is -0.238. The van der Waals surface area contributed by atoms with Crippen LogP contribution in [0.3, 0.4) is 0 Å². The highest BCUT2D eigenvalue weighted by Gasteiger charge is 2.61. The maximum atomic E-state index is 13.9. The summed E-state index contributed by atoms with van der Waals surface area (Å²) in [5, 5.41) is -1.23. The van der Waals surface area contributed by atoms with Gasteiger partial charge in [0, 0.05) is 4.90 Å². The van der Waals surface area contributed by atoms with Gasteiger partial charge in [-0.05, 0) is 60.7 Å². The van der Waals surface area contributed by atoms with E-state index in [-0.39, 0.29) is 22.3 Å². The van der Waals surface area contributed by atoms with Gasteiger partial charge in [0.2, 0.25) is 0 Å². The van der Waals surface area contributed by atoms with E-state index in [1.165, 1.54) is 48.5 Å². The van der Waals surface area contributed by atoms with Crippen molar-refractivity contribution >= 4 is 47.6 Å². The van der Waals surface area contributed by atoms with Crippen LogP contribution in [0.5, 0.6) is 0 Å². The zero-order chi connectivity index (χ0) is 39.7. The van der Waals surface area contributed by atoms with Gasteiger partial charge in [-0.25, -0.2) is 19.2 Å². The van der Waals surface area contributed by atoms with Crippen molar-refractivity contribution in [1.82, 2.24) is 0 Å². The number of thioether (sulfide) groups is 1. The van der Waals surface area contributed by atoms with E-state index in [0.717, 1.165) is 11.8 Å². The number of carbonyl (C=O) groups is 6. The monoisotopic (exact) mass is 786 g/mol. The van der Waals surface area contributed by atoms with Crippen molar-refractivity contribution in [2.45, 2.75) is 40.7 Å². The Kier molecular flexibility index (Phi) is 12.2. The quantitative estimate of drug-likeness (QED) is 0.0807. The third-order valence-corrected chi connectivity index (χ3v) is 10.5. The van der Waals surface area contributed by atoms with Gasteiger partial charge in [-0.1, -0.05) is 91.0 Å². The van der Waals surface area contributed by atoms with Crippen LogP contribution >= 0.6 is 11.8 Å². The highest BCUT2D eigenvalue weighted by molar-refractivity contribution is 8.00. The number of esters is 6. The highest BCUT2D eigenvalue weighted by atomic mass is 32.2. The van der Waals surface area contributed by atoms with Crippen LogP contribution in [0.1, 0.15) is 41.4 Å². The first-order valence-corrected chi connectivity index (χ1v) is 18.8. The fraction of sp³-hybridized carbons (Fsp3) is 0.182. The molecule has 0 radical (unpaired) electrons. The molecular weight excluding hydrogens is 753 g/mol. The Labute approximate surface area is 331 Å². The van der Waals surface area contributed by atoms with Gasteiger partial charge in [0.15, 0.2) is 18.3 Å². The maximum Gasteiger partial charge on any atom is 0.338 e. The van der Waals surface area contributed by atoms with Crippen molar-refractivity contribution in [3.05, 3.63) is 174 Å². The average Bonchev–Trinajstić information content (AvgIpc) is 3.53. The standard InChI is InChI=1S/C44H34O12S/c45-39(27-16-6-1-7-17-27)51-26-32-34(53-40(46)28-18-8-2-9-19-28)36(54-41(47)29-20-10-3-11-21-29)37(55-42(48)30-22-12-4-13-23-30)35(52-32)33-38(44(50)56-43(33)49)57-31-24-14-5-15-25-31/h1-25,32-38H,26H2/t32-,33+,34-,35?,36+,37-,38+/m1/s1. The lowest BCUT2D eigenvalue weighted by atomic mass is 9.86. The summed E-state index contributed by atoms with van der Waals surface area (Å²) in [4.78, 5) is 82.7. The van der Waals surface area contributed by atoms with Gasteiger partial charge in [-0.3, -0.25) is 9.59 Å². The molecule has 0 spiro atoms. The van der Waals surface area contributed by atoms with Crippen molar-refractivity contribution in [3.63, 3.8) is 0 Å². The summed E-state index contributed by atoms with van der Waals surface area (Å²) in [6, 6.07) is 40.6. The molecule has 12 nitrogen and oxygen atoms in total. The van der Waals surface area contributed by atoms with Gasteiger partial charge in [0.05, 0.1) is 22.3 Å². The lowest BCUT2D eigenvalue weighted by Gasteiger charge is -2.46. The van der Waals surface area contributed by atoms with E-state index in [0.29, 0.717) is 4.90 Å². The minimum Gasteiger partial charge on any atom is -0.459 e. The first kappa shape index (κ1) is 38.7. The van der Waals surface area contributed by atoms with E-state index in [1.54, 1.807) is 103 Å². The number of hydrogen-bond acceptors (Lipinski definition) is 13. The summed E-state index contributed by atoms with van der Waals surface area (Å²) in [6.07, 6.45) is -8.07. The van der Waals surface area contributed by atoms with Crippen LogP contribution in [0.4, 0.5) is 0 Å². The molecule has 0 N–H and O–H groups in total. The molecule has 13 heteroatoms. The van der Waals surface area contributed by atoms with Crippen LogP contribution in [0.2, 0.25) is 0 Å². The Morgan fingerprint density at radius 3 is 1.37 bits per heavy atom. The number of carbonyl (C=O) groups excluding carboxylic acids is 6. The zero-order valence-electron chi connectivity index (χ0n) is 30.0. The number of benzene rings is 5. The molecule has 2 aliphatic heterocycles. The number of cyclic esters (lactones) is 2. The fourth-order valence-electron chi connectivity index (χ4n) is 6.46. The van der Waals surface area contributed by atoms with Gasteiger partial charge in [-0.15, -0.1) is 11.8 Å². The van der Waals surface area contributed by atoms with Crippen molar-refractivity contribution in [2.75, 3.05) is 6.61 Å². The van der Waals surface area contributed by atoms with E-state index in [1.807, 2.05) is 0 Å². The molecule has 0 bridgehead atoms. The normalized spacial score (nSPS) is 22.8. The maximum absolute atomic E-state index is 13.9. The molecule has 0 saturated carbocycles. The van der Waals surface area contributed by atoms with E-state index < -0.39 is 84.1 Å². The van der Waals surface area contributed by atoms with Gasteiger partial charge in [0.1, 0.15) is 30.0 Å². The SMILES string of the molecule is O=C(OC[C@H]1OC([C@@H]2C(=O)OC(=O)[C@H]2Sc2ccccc2)[C@@H](OC(=O)c2ccccc2)[C@@H](OC(=O)c2ccccc2)[C@@H]1OC(=O)c1ccccc1)c1ccccc1. The van der Waals surface area contributed by atoms with E-state index in [2.05, 4.69) is 0 Å². The molecule has 2 fully saturated rings. The minimum absolute atomic E-state index is 0.0985. The van der Waals surface area contributed by atoms with Gasteiger partial charge in [0.25, 0.3) is 0 Å². The van der Waals surface area contributed by atoms with Crippen LogP contribution < -0.4 is 0 Å². The molecule has 2 heterocycles. The largest absolute Gasteiger partial charge is 0.459 e. The summed E-state index contributed by atoms with van der Waals surface area (Å²) < 4.78 is 35.8. The Bertz CT molecular complexity index is 2200. The molecule has 5 aromatic carbocycles. The van der Waals surface area contributed by atoms with Gasteiger partial charge < -0.3 is 28.4 Å². The number of rotatable bonds is 12. The van der Waals surface area contributed by atoms with Crippen molar-refractivity contribution in [3.8, 4) is 0 Å². The number of hydrogen-bond donors (Lipinski definition) is 0. The average molecular weight is 787 g/mol. The molecule has 7 atom stereocenters. The lowest BCUT2D eigenvalue weighted by Crippen LogP contribution is -2.65. The summed E-state index contributed by atoms with van der Waals surface area (Å²) in [7, 11) is 0. The second-order valence-corrected chi connectivity index (χ2v) is 14.1. The van der Waals surface area contributed by atoms with Crippen LogP contribution in [-0.2, 0) is 38.0 Å². The molecular formula is C44H34O12S. The van der Waals surface area contributed by atoms with Gasteiger partial charge >= 0.3 is 35.8 Å². The molecule has 0 aromatic heterocycles. The van der Waals surface area contributed by atoms with Crippen LogP contribution in [0, 0.1) is 5.92 Å². The van der Waals surface area contributed by atoms with Crippen LogP contribution in [-0.4, -0.2) is 78.2 Å². The Morgan fingerprint density at radius 1 is 0.491 bits per heavy atom. The first-order chi connectivity index (χ1) is 27.8. The zero-order valence-corrected chi connectivity index (χ0v) is 30.8. The molecule has 2 saturated heterocycles. The predicted octanol–water partition coefficient (Wildman–Crippen LogP) is 6.15. The molecule has 0 amide bonds. The minimum atomic E-state index is -1.71. The van der Waals surface area contributed by atoms with E-state index in [4.69, 9.17) is 28.4 Å². The Morgan fingerprint density at radius 2 is 0.895 bits per heavy atom. The van der Waals surface area contributed by atoms with Crippen molar-refractivity contribution < 1.29 is 57.2 Å². The van der Waals surface area contributed by atoms with Crippen molar-refractivity contribution in [2.24, 2.45) is 5.92 Å². The second-order valence-electron chi connectivity index (χ2n) is 12.9. The molecule has 5 aromatic rings. The van der Waals surface area contributed by atoms with E-state index >= 15 is 0 Å². The summed E-state index contributed by atoms with van der Waals surface area (Å²) in [5.74, 6) is -6.77. The molecule has 288 valence electrons. The summed E-state index contributed by atoms with van der Waals surface area (Å²) in [5.41, 5.74) is 0.520. The van der Waals surface area contributed by atoms with Crippen LogP contribution in [0.15, 0.2) is 157 Å². The fourth-order valence-corrected chi connectivity index (χ4v) is 7.62. The molecule has 0 aliphatic carbocycles. The predicted molar refractivity (Wildman–Crippen MR) is 203 cm³/mol. The topological polar surface area (TPSA) is 158 Å². The third kappa shape index (κ3) is 9.12. The third-order valence-electron chi connectivity index (χ3n) is 9.21. The molecule has 1 unspecified atom stereocenters. The Balaban J connectivity index is 1.34.